The highest BCUT2D eigenvalue weighted by Gasteiger charge is 2.24. The topological polar surface area (TPSA) is 67.5 Å². The van der Waals surface area contributed by atoms with E-state index in [1.165, 1.54) is 6.33 Å². The van der Waals surface area contributed by atoms with Crippen LogP contribution in [0.1, 0.15) is 0 Å². The van der Waals surface area contributed by atoms with E-state index in [9.17, 15) is 0 Å². The monoisotopic (exact) mass is 421 g/mol. The average Bonchev–Trinajstić information content (AvgIpc) is 3.24. The minimum atomic E-state index is 0.486. The first-order valence-corrected chi connectivity index (χ1v) is 10.1. The number of hydrogen-bond donors (Lipinski definition) is 0. The Labute approximate surface area is 178 Å². The number of nitrogens with zero attached hydrogens (tertiary/aromatic N) is 5. The van der Waals surface area contributed by atoms with Crippen LogP contribution in [-0.4, -0.2) is 48.4 Å². The Morgan fingerprint density at radius 2 is 1.73 bits per heavy atom. The molecule has 7 nitrogen and oxygen atoms in total. The average molecular weight is 422 g/mol. The van der Waals surface area contributed by atoms with Gasteiger partial charge in [-0.1, -0.05) is 35.0 Å². The second kappa shape index (κ2) is 7.84. The molecule has 1 saturated heterocycles. The minimum absolute atomic E-state index is 0.486. The van der Waals surface area contributed by atoms with Gasteiger partial charge in [-0.2, -0.15) is 4.98 Å². The molecule has 5 rings (SSSR count). The van der Waals surface area contributed by atoms with Gasteiger partial charge in [0.15, 0.2) is 0 Å². The predicted octanol–water partition coefficient (Wildman–Crippen LogP) is 4.27. The Balaban J connectivity index is 1.43. The van der Waals surface area contributed by atoms with Gasteiger partial charge in [0, 0.05) is 48.5 Å². The highest BCUT2D eigenvalue weighted by atomic mass is 35.5. The van der Waals surface area contributed by atoms with Crippen molar-refractivity contribution in [3.8, 4) is 17.0 Å². The van der Waals surface area contributed by atoms with Crippen LogP contribution in [0.3, 0.4) is 0 Å². The molecule has 8 heteroatoms. The number of fused-ring (bicyclic) bond motifs is 1. The molecule has 0 atom stereocenters. The maximum absolute atomic E-state index is 6.04. The van der Waals surface area contributed by atoms with Crippen LogP contribution in [0.15, 0.2) is 59.4 Å². The molecular formula is C22H20ClN5O2. The number of aromatic nitrogens is 3. The quantitative estimate of drug-likeness (QED) is 0.487. The van der Waals surface area contributed by atoms with Gasteiger partial charge < -0.3 is 19.1 Å². The van der Waals surface area contributed by atoms with Gasteiger partial charge in [-0.05, 0) is 24.3 Å². The van der Waals surface area contributed by atoms with Crippen molar-refractivity contribution in [2.75, 3.05) is 43.1 Å². The van der Waals surface area contributed by atoms with Crippen LogP contribution >= 0.6 is 11.6 Å². The lowest BCUT2D eigenvalue weighted by molar-refractivity contribution is 0.414. The molecule has 2 aromatic carbocycles. The molecule has 1 aliphatic heterocycles. The van der Waals surface area contributed by atoms with Crippen LogP contribution < -0.4 is 14.5 Å². The lowest BCUT2D eigenvalue weighted by Gasteiger charge is -2.36. The molecule has 0 radical (unpaired) electrons. The van der Waals surface area contributed by atoms with Crippen LogP contribution in [0.4, 0.5) is 11.5 Å². The third-order valence-corrected chi connectivity index (χ3v) is 5.62. The van der Waals surface area contributed by atoms with Gasteiger partial charge in [0.25, 0.3) is 5.71 Å². The standard InChI is InChI=1S/C22H20ClN5O2/c1-29-18-4-2-3-17(13-18)27-9-11-28(12-10-27)21-19-20(15-5-7-16(23)8-6-15)26-30-22(19)25-14-24-21/h2-8,13-14H,9-12H2,1H3. The van der Waals surface area contributed by atoms with Gasteiger partial charge in [0.05, 0.1) is 7.11 Å². The summed E-state index contributed by atoms with van der Waals surface area (Å²) >= 11 is 6.04. The van der Waals surface area contributed by atoms with E-state index in [-0.39, 0.29) is 0 Å². The smallest absolute Gasteiger partial charge is 0.263 e. The number of anilines is 2. The van der Waals surface area contributed by atoms with Crippen molar-refractivity contribution in [3.63, 3.8) is 0 Å². The summed E-state index contributed by atoms with van der Waals surface area (Å²) in [5.41, 5.74) is 3.30. The van der Waals surface area contributed by atoms with E-state index >= 15 is 0 Å². The predicted molar refractivity (Wildman–Crippen MR) is 117 cm³/mol. The summed E-state index contributed by atoms with van der Waals surface area (Å²) in [6.07, 6.45) is 1.53. The van der Waals surface area contributed by atoms with E-state index in [4.69, 9.17) is 20.9 Å². The summed E-state index contributed by atoms with van der Waals surface area (Å²) in [6.45, 7) is 3.41. The fourth-order valence-electron chi connectivity index (χ4n) is 3.80. The Morgan fingerprint density at radius 3 is 2.50 bits per heavy atom. The third kappa shape index (κ3) is 3.41. The van der Waals surface area contributed by atoms with Crippen molar-refractivity contribution in [3.05, 3.63) is 59.9 Å². The van der Waals surface area contributed by atoms with Crippen molar-refractivity contribution in [1.29, 1.82) is 0 Å². The molecule has 3 heterocycles. The lowest BCUT2D eigenvalue weighted by Crippen LogP contribution is -2.46. The summed E-state index contributed by atoms with van der Waals surface area (Å²) < 4.78 is 10.9. The number of halogens is 1. The summed E-state index contributed by atoms with van der Waals surface area (Å²) in [6, 6.07) is 15.7. The third-order valence-electron chi connectivity index (χ3n) is 5.37. The first kappa shape index (κ1) is 18.7. The Hall–Kier alpha value is -3.32. The van der Waals surface area contributed by atoms with Crippen LogP contribution in [0.25, 0.3) is 22.4 Å². The maximum Gasteiger partial charge on any atom is 0.263 e. The molecule has 1 aliphatic rings. The zero-order chi connectivity index (χ0) is 20.5. The van der Waals surface area contributed by atoms with Crippen molar-refractivity contribution in [2.24, 2.45) is 0 Å². The van der Waals surface area contributed by atoms with Gasteiger partial charge in [0.1, 0.15) is 29.0 Å². The summed E-state index contributed by atoms with van der Waals surface area (Å²) in [7, 11) is 1.69. The van der Waals surface area contributed by atoms with Crippen molar-refractivity contribution in [2.45, 2.75) is 0 Å². The van der Waals surface area contributed by atoms with Gasteiger partial charge in [-0.15, -0.1) is 0 Å². The number of rotatable bonds is 4. The molecule has 4 aromatic rings. The number of hydrogen-bond acceptors (Lipinski definition) is 7. The Bertz CT molecular complexity index is 1170. The molecule has 152 valence electrons. The second-order valence-corrected chi connectivity index (χ2v) is 7.53. The van der Waals surface area contributed by atoms with Crippen LogP contribution in [0, 0.1) is 0 Å². The van der Waals surface area contributed by atoms with Crippen molar-refractivity contribution in [1.82, 2.24) is 15.1 Å². The molecule has 0 N–H and O–H groups in total. The summed E-state index contributed by atoms with van der Waals surface area (Å²) in [4.78, 5) is 13.5. The molecule has 0 saturated carbocycles. The Kier molecular flexibility index (Phi) is 4.88. The maximum atomic E-state index is 6.04. The number of benzene rings is 2. The molecule has 0 bridgehead atoms. The second-order valence-electron chi connectivity index (χ2n) is 7.09. The summed E-state index contributed by atoms with van der Waals surface area (Å²) in [5.74, 6) is 1.71. The van der Waals surface area contributed by atoms with Gasteiger partial charge in [-0.25, -0.2) is 4.98 Å². The molecule has 0 aliphatic carbocycles. The minimum Gasteiger partial charge on any atom is -0.497 e. The molecule has 1 fully saturated rings. The SMILES string of the molecule is COc1cccc(N2CCN(c3ncnc4onc(-c5ccc(Cl)cc5)c34)CC2)c1. The highest BCUT2D eigenvalue weighted by molar-refractivity contribution is 6.30. The van der Waals surface area contributed by atoms with Crippen molar-refractivity contribution < 1.29 is 9.26 Å². The molecule has 0 spiro atoms. The van der Waals surface area contributed by atoms with E-state index in [1.54, 1.807) is 7.11 Å². The van der Waals surface area contributed by atoms with E-state index < -0.39 is 0 Å². The van der Waals surface area contributed by atoms with E-state index in [2.05, 4.69) is 37.1 Å². The molecule has 30 heavy (non-hydrogen) atoms. The first-order valence-electron chi connectivity index (χ1n) is 9.73. The molecule has 0 unspecified atom stereocenters. The normalized spacial score (nSPS) is 14.3. The highest BCUT2D eigenvalue weighted by Crippen LogP contribution is 2.34. The first-order chi connectivity index (χ1) is 14.7. The lowest BCUT2D eigenvalue weighted by atomic mass is 10.1. The molecular weight excluding hydrogens is 402 g/mol. The van der Waals surface area contributed by atoms with Crippen LogP contribution in [0.5, 0.6) is 5.75 Å². The van der Waals surface area contributed by atoms with E-state index in [0.717, 1.165) is 60.1 Å². The molecule has 2 aromatic heterocycles. The van der Waals surface area contributed by atoms with Crippen molar-refractivity contribution >= 4 is 34.2 Å². The molecule has 0 amide bonds. The van der Waals surface area contributed by atoms with Gasteiger partial charge >= 0.3 is 0 Å². The number of methoxy groups -OCH3 is 1. The zero-order valence-corrected chi connectivity index (χ0v) is 17.2. The van der Waals surface area contributed by atoms with Gasteiger partial charge in [-0.3, -0.25) is 0 Å². The van der Waals surface area contributed by atoms with Gasteiger partial charge in [0.2, 0.25) is 0 Å². The number of ether oxygens (including phenoxy) is 1. The van der Waals surface area contributed by atoms with E-state index in [1.807, 2.05) is 36.4 Å². The summed E-state index contributed by atoms with van der Waals surface area (Å²) in [5, 5.41) is 5.77. The van der Waals surface area contributed by atoms with Crippen LogP contribution in [0.2, 0.25) is 5.02 Å². The van der Waals surface area contributed by atoms with Crippen LogP contribution in [-0.2, 0) is 0 Å². The Morgan fingerprint density at radius 1 is 0.967 bits per heavy atom. The zero-order valence-electron chi connectivity index (χ0n) is 16.5. The fourth-order valence-corrected chi connectivity index (χ4v) is 3.93. The van der Waals surface area contributed by atoms with E-state index in [0.29, 0.717) is 10.7 Å². The number of piperazine rings is 1. The largest absolute Gasteiger partial charge is 0.497 e. The fraction of sp³-hybridized carbons (Fsp3) is 0.227.